The van der Waals surface area contributed by atoms with Crippen LogP contribution in [0.1, 0.15) is 0 Å². The van der Waals surface area contributed by atoms with Crippen molar-refractivity contribution in [2.45, 2.75) is 0 Å². The van der Waals surface area contributed by atoms with Gasteiger partial charge in [0.1, 0.15) is 0 Å². The average Bonchev–Trinajstić information content (AvgIpc) is 1.25. The Morgan fingerprint density at radius 1 is 1.12 bits per heavy atom. The summed E-state index contributed by atoms with van der Waals surface area (Å²) in [7, 11) is 0. The third-order valence-electron chi connectivity index (χ3n) is 0.300. The SMILES string of the molecule is [O-]P([O-])(=S)P([O-])(=S)[S-]. The maximum absolute atomic E-state index is 10.2. The van der Waals surface area contributed by atoms with Crippen LogP contribution < -0.4 is 14.7 Å². The largest absolute Gasteiger partial charge is 0.836 e. The highest BCUT2D eigenvalue weighted by Crippen LogP contribution is 2.64. The summed E-state index contributed by atoms with van der Waals surface area (Å²) in [5.41, 5.74) is 0. The summed E-state index contributed by atoms with van der Waals surface area (Å²) >= 11 is 11.6. The monoisotopic (exact) mass is 206 g/mol. The summed E-state index contributed by atoms with van der Waals surface area (Å²) in [5, 5.41) is -3.87. The van der Waals surface area contributed by atoms with Crippen LogP contribution in [0, 0.1) is 0 Å². The van der Waals surface area contributed by atoms with E-state index in [1.54, 1.807) is 0 Å². The van der Waals surface area contributed by atoms with Crippen LogP contribution >= 0.6 is 11.3 Å². The number of hydrogen-bond acceptors (Lipinski definition) is 6. The molecule has 8 heavy (non-hydrogen) atoms. The lowest BCUT2D eigenvalue weighted by molar-refractivity contribution is -0.291. The fourth-order valence-corrected chi connectivity index (χ4v) is 0. The second-order valence-corrected chi connectivity index (χ2v) is 13.7. The molecule has 0 aliphatic rings. The van der Waals surface area contributed by atoms with Gasteiger partial charge in [-0.25, -0.2) is 6.18 Å². The van der Waals surface area contributed by atoms with Crippen LogP contribution in [0.2, 0.25) is 0 Å². The van der Waals surface area contributed by atoms with Gasteiger partial charge < -0.3 is 26.9 Å². The van der Waals surface area contributed by atoms with Gasteiger partial charge in [-0.05, 0) is 0 Å². The smallest absolute Gasteiger partial charge is 0.130 e. The van der Waals surface area contributed by atoms with Crippen molar-refractivity contribution in [2.24, 2.45) is 0 Å². The van der Waals surface area contributed by atoms with Crippen LogP contribution in [0.4, 0.5) is 0 Å². The second kappa shape index (κ2) is 2.64. The summed E-state index contributed by atoms with van der Waals surface area (Å²) < 4.78 is 0. The average molecular weight is 206 g/mol. The fourth-order valence-electron chi connectivity index (χ4n) is 0. The third-order valence-corrected chi connectivity index (χ3v) is 10.5. The first-order valence-electron chi connectivity index (χ1n) is 1.30. The first kappa shape index (κ1) is 9.53. The maximum Gasteiger partial charge on any atom is -0.130 e. The van der Waals surface area contributed by atoms with E-state index in [-0.39, 0.29) is 0 Å². The van der Waals surface area contributed by atoms with Gasteiger partial charge in [0.15, 0.2) is 0 Å². The zero-order valence-corrected chi connectivity index (χ0v) is 7.58. The second-order valence-electron chi connectivity index (χ2n) is 0.937. The van der Waals surface area contributed by atoms with Gasteiger partial charge >= 0.3 is 0 Å². The molecule has 0 aliphatic carbocycles. The molecule has 0 fully saturated rings. The molecule has 1 atom stereocenters. The topological polar surface area (TPSA) is 69.2 Å². The lowest BCUT2D eigenvalue weighted by Gasteiger charge is -2.58. The van der Waals surface area contributed by atoms with Crippen molar-refractivity contribution >= 4 is 47.2 Å². The molecule has 8 heteroatoms. The van der Waals surface area contributed by atoms with Crippen molar-refractivity contribution in [2.75, 3.05) is 0 Å². The highest BCUT2D eigenvalue weighted by atomic mass is 33.1. The van der Waals surface area contributed by atoms with Crippen molar-refractivity contribution < 1.29 is 14.7 Å². The van der Waals surface area contributed by atoms with Crippen molar-refractivity contribution in [1.29, 1.82) is 0 Å². The Hall–Kier alpha value is 1.53. The molecule has 50 valence electrons. The standard InChI is InChI=1S/H4O3P2S3/c1-4(2,6)5(3,7)8/h(H2,1,2,6)(H2,3,7,8)/p-4. The first-order chi connectivity index (χ1) is 3.25. The molecule has 0 aromatic carbocycles. The lowest BCUT2D eigenvalue weighted by atomic mass is 15.9. The molecule has 0 rings (SSSR count). The van der Waals surface area contributed by atoms with Gasteiger partial charge in [-0.2, -0.15) is 0 Å². The molecular formula is O3P2S3-4. The summed E-state index contributed by atoms with van der Waals surface area (Å²) in [6.45, 7) is 0. The Morgan fingerprint density at radius 2 is 1.25 bits per heavy atom. The Morgan fingerprint density at radius 3 is 1.25 bits per heavy atom. The zero-order chi connectivity index (χ0) is 7.00. The van der Waals surface area contributed by atoms with E-state index in [0.29, 0.717) is 0 Å². The van der Waals surface area contributed by atoms with Crippen LogP contribution in [0.3, 0.4) is 0 Å². The van der Waals surface area contributed by atoms with E-state index in [1.165, 1.54) is 0 Å². The van der Waals surface area contributed by atoms with E-state index in [1.807, 2.05) is 0 Å². The van der Waals surface area contributed by atoms with Crippen molar-refractivity contribution in [3.8, 4) is 0 Å². The van der Waals surface area contributed by atoms with Crippen LogP contribution in [-0.4, -0.2) is 0 Å². The maximum atomic E-state index is 10.2. The number of hydrogen-bond donors (Lipinski definition) is 0. The highest BCUT2D eigenvalue weighted by molar-refractivity contribution is 8.82. The molecule has 0 saturated heterocycles. The lowest BCUT2D eigenvalue weighted by Crippen LogP contribution is -2.17. The highest BCUT2D eigenvalue weighted by Gasteiger charge is 1.79. The third kappa shape index (κ3) is 2.90. The predicted molar refractivity (Wildman–Crippen MR) is 35.9 cm³/mol. The predicted octanol–water partition coefficient (Wildman–Crippen LogP) is -1.85. The van der Waals surface area contributed by atoms with E-state index in [2.05, 4.69) is 35.9 Å². The zero-order valence-electron chi connectivity index (χ0n) is 3.34. The van der Waals surface area contributed by atoms with Gasteiger partial charge in [0.05, 0.1) is 0 Å². The molecule has 0 aromatic rings. The first-order valence-corrected chi connectivity index (χ1v) is 8.37. The van der Waals surface area contributed by atoms with Crippen LogP contribution in [-0.2, 0) is 35.9 Å². The summed E-state index contributed by atoms with van der Waals surface area (Å²) in [6, 6.07) is 0. The summed E-state index contributed by atoms with van der Waals surface area (Å²) in [4.78, 5) is 30.2. The van der Waals surface area contributed by atoms with Crippen LogP contribution in [0.15, 0.2) is 0 Å². The fraction of sp³-hybridized carbons (Fsp3) is 0. The van der Waals surface area contributed by atoms with Gasteiger partial charge in [0, 0.05) is 0 Å². The minimum atomic E-state index is -4.33. The molecular weight excluding hydrogens is 206 g/mol. The van der Waals surface area contributed by atoms with E-state index in [0.717, 1.165) is 0 Å². The molecule has 0 aromatic heterocycles. The Balaban J connectivity index is 4.53. The Kier molecular flexibility index (Phi) is 3.15. The molecule has 3 nitrogen and oxygen atoms in total. The van der Waals surface area contributed by atoms with Crippen molar-refractivity contribution in [3.63, 3.8) is 0 Å². The van der Waals surface area contributed by atoms with Gasteiger partial charge in [-0.1, -0.05) is 0 Å². The Bertz CT molecular complexity index is 141. The van der Waals surface area contributed by atoms with Gasteiger partial charge in [0.25, 0.3) is 0 Å². The molecule has 0 saturated carbocycles. The molecule has 0 radical (unpaired) electrons. The molecule has 0 N–H and O–H groups in total. The normalized spacial score (nSPS) is 20.0. The van der Waals surface area contributed by atoms with Crippen LogP contribution in [0.25, 0.3) is 0 Å². The number of rotatable bonds is 1. The van der Waals surface area contributed by atoms with Crippen molar-refractivity contribution in [3.05, 3.63) is 0 Å². The van der Waals surface area contributed by atoms with Crippen molar-refractivity contribution in [1.82, 2.24) is 0 Å². The van der Waals surface area contributed by atoms with Gasteiger partial charge in [-0.15, -0.1) is 23.6 Å². The van der Waals surface area contributed by atoms with Gasteiger partial charge in [0.2, 0.25) is 0 Å². The van der Waals surface area contributed by atoms with E-state index in [9.17, 15) is 14.7 Å². The molecule has 0 amide bonds. The molecule has 0 bridgehead atoms. The molecule has 0 aliphatic heterocycles. The minimum absolute atomic E-state index is 3.75. The van der Waals surface area contributed by atoms with E-state index < -0.39 is 11.3 Å². The summed E-state index contributed by atoms with van der Waals surface area (Å²) in [6.07, 6.45) is -4.33. The minimum Gasteiger partial charge on any atom is -0.836 e. The summed E-state index contributed by atoms with van der Waals surface area (Å²) in [5.74, 6) is 0. The van der Waals surface area contributed by atoms with E-state index in [4.69, 9.17) is 0 Å². The quantitative estimate of drug-likeness (QED) is 0.370. The van der Waals surface area contributed by atoms with Crippen LogP contribution in [0.5, 0.6) is 0 Å². The molecule has 0 spiro atoms. The van der Waals surface area contributed by atoms with E-state index >= 15 is 0 Å². The molecule has 0 heterocycles. The Labute approximate surface area is 62.1 Å². The molecule has 1 unspecified atom stereocenters. The van der Waals surface area contributed by atoms with Gasteiger partial charge in [-0.3, -0.25) is 5.16 Å².